The molecule has 0 atom stereocenters. The van der Waals surface area contributed by atoms with Gasteiger partial charge in [0.2, 0.25) is 0 Å². The summed E-state index contributed by atoms with van der Waals surface area (Å²) in [5.41, 5.74) is 5.28. The molecule has 0 N–H and O–H groups in total. The molecular formula is C15H18Cl2N2. The Labute approximate surface area is 124 Å². The first kappa shape index (κ1) is 14.4. The molecule has 0 unspecified atom stereocenters. The molecule has 0 amide bonds. The van der Waals surface area contributed by atoms with Crippen molar-refractivity contribution in [1.29, 1.82) is 0 Å². The van der Waals surface area contributed by atoms with Crippen molar-refractivity contribution in [3.63, 3.8) is 0 Å². The highest BCUT2D eigenvalue weighted by Gasteiger charge is 2.18. The summed E-state index contributed by atoms with van der Waals surface area (Å²) in [6, 6.07) is 6.29. The molecule has 0 radical (unpaired) electrons. The highest BCUT2D eigenvalue weighted by Crippen LogP contribution is 2.30. The zero-order chi connectivity index (χ0) is 14.2. The highest BCUT2D eigenvalue weighted by atomic mass is 35.5. The monoisotopic (exact) mass is 296 g/mol. The second kappa shape index (κ2) is 5.56. The number of nitrogens with zero attached hydrogens (tertiary/aromatic N) is 2. The number of hydrogen-bond acceptors (Lipinski definition) is 1. The van der Waals surface area contributed by atoms with Gasteiger partial charge in [0.15, 0.2) is 0 Å². The van der Waals surface area contributed by atoms with Gasteiger partial charge in [0.25, 0.3) is 0 Å². The van der Waals surface area contributed by atoms with Gasteiger partial charge in [-0.1, -0.05) is 31.5 Å². The van der Waals surface area contributed by atoms with Crippen molar-refractivity contribution in [2.24, 2.45) is 0 Å². The van der Waals surface area contributed by atoms with Gasteiger partial charge in [0.05, 0.1) is 17.3 Å². The second-order valence-corrected chi connectivity index (χ2v) is 5.83. The quantitative estimate of drug-likeness (QED) is 0.729. The van der Waals surface area contributed by atoms with Crippen LogP contribution in [0.4, 0.5) is 0 Å². The summed E-state index contributed by atoms with van der Waals surface area (Å²) in [5.74, 6) is 0.690. The van der Waals surface area contributed by atoms with Crippen LogP contribution in [0.5, 0.6) is 0 Å². The smallest absolute Gasteiger partial charge is 0.137 e. The average Bonchev–Trinajstić information content (AvgIpc) is 2.65. The summed E-state index contributed by atoms with van der Waals surface area (Å²) in [6.45, 7) is 8.33. The minimum absolute atomic E-state index is 0.304. The van der Waals surface area contributed by atoms with E-state index in [0.717, 1.165) is 16.9 Å². The fourth-order valence-electron chi connectivity index (χ4n) is 2.28. The van der Waals surface area contributed by atoms with E-state index in [4.69, 9.17) is 23.2 Å². The molecule has 1 aromatic heterocycles. The number of alkyl halides is 1. The summed E-state index contributed by atoms with van der Waals surface area (Å²) < 4.78 is 1.79. The molecule has 1 aromatic carbocycles. The first-order valence-electron chi connectivity index (χ1n) is 6.36. The number of rotatable bonds is 3. The van der Waals surface area contributed by atoms with Crippen molar-refractivity contribution in [3.8, 4) is 5.69 Å². The normalized spacial score (nSPS) is 11.3. The van der Waals surface area contributed by atoms with Crippen molar-refractivity contribution in [1.82, 2.24) is 9.78 Å². The molecule has 2 aromatic rings. The molecule has 0 saturated heterocycles. The fourth-order valence-corrected chi connectivity index (χ4v) is 2.91. The van der Waals surface area contributed by atoms with Crippen LogP contribution in [0.1, 0.15) is 42.1 Å². The minimum Gasteiger partial charge on any atom is -0.222 e. The van der Waals surface area contributed by atoms with E-state index in [1.54, 1.807) is 4.68 Å². The van der Waals surface area contributed by atoms with Gasteiger partial charge in [-0.2, -0.15) is 5.10 Å². The van der Waals surface area contributed by atoms with E-state index < -0.39 is 0 Å². The maximum absolute atomic E-state index is 6.43. The van der Waals surface area contributed by atoms with Crippen molar-refractivity contribution in [3.05, 3.63) is 45.7 Å². The Morgan fingerprint density at radius 2 is 1.74 bits per heavy atom. The van der Waals surface area contributed by atoms with Gasteiger partial charge < -0.3 is 0 Å². The number of aryl methyl sites for hydroxylation is 2. The van der Waals surface area contributed by atoms with Crippen LogP contribution >= 0.6 is 23.2 Å². The zero-order valence-electron chi connectivity index (χ0n) is 11.7. The van der Waals surface area contributed by atoms with E-state index in [1.807, 2.05) is 0 Å². The molecule has 19 heavy (non-hydrogen) atoms. The molecule has 0 aliphatic carbocycles. The Bertz CT molecular complexity index is 580. The van der Waals surface area contributed by atoms with Gasteiger partial charge in [-0.25, -0.2) is 4.68 Å². The predicted octanol–water partition coefficient (Wildman–Crippen LogP) is 5.00. The summed E-state index contributed by atoms with van der Waals surface area (Å²) in [7, 11) is 0. The zero-order valence-corrected chi connectivity index (χ0v) is 13.2. The molecule has 0 saturated carbocycles. The lowest BCUT2D eigenvalue weighted by Crippen LogP contribution is -1.99. The number of aromatic nitrogens is 2. The van der Waals surface area contributed by atoms with Crippen molar-refractivity contribution in [2.75, 3.05) is 0 Å². The maximum Gasteiger partial charge on any atom is 0.137 e. The molecule has 4 heteroatoms. The Kier molecular flexibility index (Phi) is 4.22. The van der Waals surface area contributed by atoms with Gasteiger partial charge in [-0.15, -0.1) is 11.6 Å². The molecule has 1 heterocycles. The lowest BCUT2D eigenvalue weighted by molar-refractivity contribution is 0.764. The largest absolute Gasteiger partial charge is 0.222 e. The fraction of sp³-hybridized carbons (Fsp3) is 0.400. The third-order valence-electron chi connectivity index (χ3n) is 3.08. The van der Waals surface area contributed by atoms with E-state index in [-0.39, 0.29) is 0 Å². The molecule has 0 aliphatic heterocycles. The SMILES string of the molecule is Cc1cc(C)cc(-n2nc(C(C)C)c(CCl)c2Cl)c1. The van der Waals surface area contributed by atoms with Gasteiger partial charge in [0, 0.05) is 5.56 Å². The summed E-state index contributed by atoms with van der Waals surface area (Å²) >= 11 is 12.4. The molecule has 102 valence electrons. The van der Waals surface area contributed by atoms with E-state index in [1.165, 1.54) is 11.1 Å². The van der Waals surface area contributed by atoms with Crippen LogP contribution in [0.2, 0.25) is 5.15 Å². The molecule has 2 nitrogen and oxygen atoms in total. The predicted molar refractivity (Wildman–Crippen MR) is 81.7 cm³/mol. The molecule has 0 bridgehead atoms. The van der Waals surface area contributed by atoms with Crippen molar-refractivity contribution >= 4 is 23.2 Å². The van der Waals surface area contributed by atoms with Gasteiger partial charge in [0.1, 0.15) is 5.15 Å². The Balaban J connectivity index is 2.62. The van der Waals surface area contributed by atoms with Crippen molar-refractivity contribution in [2.45, 2.75) is 39.5 Å². The standard InChI is InChI=1S/C15H18Cl2N2/c1-9(2)14-13(8-16)15(17)19(18-14)12-6-10(3)5-11(4)7-12/h5-7,9H,8H2,1-4H3. The average molecular weight is 297 g/mol. The van der Waals surface area contributed by atoms with Crippen molar-refractivity contribution < 1.29 is 0 Å². The van der Waals surface area contributed by atoms with E-state index in [0.29, 0.717) is 17.0 Å². The third-order valence-corrected chi connectivity index (χ3v) is 3.74. The van der Waals surface area contributed by atoms with Crippen LogP contribution in [-0.4, -0.2) is 9.78 Å². The van der Waals surface area contributed by atoms with Crippen LogP contribution < -0.4 is 0 Å². The third kappa shape index (κ3) is 2.80. The highest BCUT2D eigenvalue weighted by molar-refractivity contribution is 6.31. The van der Waals surface area contributed by atoms with Gasteiger partial charge in [-0.3, -0.25) is 0 Å². The maximum atomic E-state index is 6.43. The van der Waals surface area contributed by atoms with Crippen LogP contribution in [0, 0.1) is 13.8 Å². The number of benzene rings is 1. The molecule has 0 spiro atoms. The van der Waals surface area contributed by atoms with E-state index >= 15 is 0 Å². The summed E-state index contributed by atoms with van der Waals surface area (Å²) in [6.07, 6.45) is 0. The van der Waals surface area contributed by atoms with Gasteiger partial charge >= 0.3 is 0 Å². The van der Waals surface area contributed by atoms with Crippen LogP contribution in [0.3, 0.4) is 0 Å². The Hall–Kier alpha value is -0.990. The summed E-state index contributed by atoms with van der Waals surface area (Å²) in [4.78, 5) is 0. The first-order valence-corrected chi connectivity index (χ1v) is 7.27. The molecule has 0 fully saturated rings. The summed E-state index contributed by atoms with van der Waals surface area (Å²) in [5, 5.41) is 5.25. The molecular weight excluding hydrogens is 279 g/mol. The second-order valence-electron chi connectivity index (χ2n) is 5.20. The van der Waals surface area contributed by atoms with Crippen LogP contribution in [0.15, 0.2) is 18.2 Å². The molecule has 0 aliphatic rings. The lowest BCUT2D eigenvalue weighted by atomic mass is 10.1. The lowest BCUT2D eigenvalue weighted by Gasteiger charge is -2.06. The van der Waals surface area contributed by atoms with Crippen LogP contribution in [0.25, 0.3) is 5.69 Å². The number of halogens is 2. The topological polar surface area (TPSA) is 17.8 Å². The molecule has 2 rings (SSSR count). The minimum atomic E-state index is 0.304. The Morgan fingerprint density at radius 3 is 2.16 bits per heavy atom. The Morgan fingerprint density at radius 1 is 1.16 bits per heavy atom. The first-order chi connectivity index (χ1) is 8.93. The van der Waals surface area contributed by atoms with Crippen LogP contribution in [-0.2, 0) is 5.88 Å². The van der Waals surface area contributed by atoms with E-state index in [2.05, 4.69) is 51.0 Å². The number of hydrogen-bond donors (Lipinski definition) is 0. The van der Waals surface area contributed by atoms with E-state index in [9.17, 15) is 0 Å². The van der Waals surface area contributed by atoms with Gasteiger partial charge in [-0.05, 0) is 43.0 Å².